The van der Waals surface area contributed by atoms with Gasteiger partial charge in [-0.05, 0) is 44.2 Å². The minimum atomic E-state index is -0.109. The van der Waals surface area contributed by atoms with Crippen LogP contribution in [-0.4, -0.2) is 91.1 Å². The predicted molar refractivity (Wildman–Crippen MR) is 117 cm³/mol. The van der Waals surface area contributed by atoms with Crippen molar-refractivity contribution in [2.75, 3.05) is 40.4 Å². The summed E-state index contributed by atoms with van der Waals surface area (Å²) >= 11 is 1.75. The van der Waals surface area contributed by atoms with Crippen LogP contribution in [0.1, 0.15) is 37.0 Å². The number of rotatable bonds is 7. The summed E-state index contributed by atoms with van der Waals surface area (Å²) in [6.45, 7) is 3.84. The molecule has 1 aromatic heterocycles. The first kappa shape index (κ1) is 21.7. The van der Waals surface area contributed by atoms with E-state index < -0.39 is 0 Å². The van der Waals surface area contributed by atoms with E-state index >= 15 is 0 Å². The molecular weight excluding hydrogens is 400 g/mol. The van der Waals surface area contributed by atoms with Gasteiger partial charge in [0.1, 0.15) is 6.04 Å². The Bertz CT molecular complexity index is 728. The van der Waals surface area contributed by atoms with Crippen molar-refractivity contribution < 1.29 is 14.3 Å². The second-order valence-corrected chi connectivity index (χ2v) is 9.82. The van der Waals surface area contributed by atoms with E-state index in [4.69, 9.17) is 4.74 Å². The quantitative estimate of drug-likeness (QED) is 0.705. The molecule has 8 heteroatoms. The summed E-state index contributed by atoms with van der Waals surface area (Å²) in [5, 5.41) is 5.25. The van der Waals surface area contributed by atoms with Gasteiger partial charge in [-0.3, -0.25) is 19.4 Å². The molecule has 3 aliphatic heterocycles. The molecule has 0 bridgehead atoms. The first-order valence-electron chi connectivity index (χ1n) is 11.1. The summed E-state index contributed by atoms with van der Waals surface area (Å²) < 4.78 is 5.29. The second-order valence-electron chi connectivity index (χ2n) is 8.79. The summed E-state index contributed by atoms with van der Waals surface area (Å²) in [5.74, 6) is 0.357. The summed E-state index contributed by atoms with van der Waals surface area (Å²) in [4.78, 5) is 33.7. The van der Waals surface area contributed by atoms with Crippen LogP contribution < -0.4 is 5.32 Å². The molecule has 4 atom stereocenters. The third-order valence-electron chi connectivity index (χ3n) is 7.04. The Morgan fingerprint density at radius 1 is 1.30 bits per heavy atom. The Balaban J connectivity index is 1.36. The molecule has 1 N–H and O–H groups in total. The maximum atomic E-state index is 12.9. The summed E-state index contributed by atoms with van der Waals surface area (Å²) in [7, 11) is 3.83. The van der Waals surface area contributed by atoms with Gasteiger partial charge in [-0.25, -0.2) is 0 Å². The van der Waals surface area contributed by atoms with Crippen molar-refractivity contribution >= 4 is 23.2 Å². The number of hydrogen-bond donors (Lipinski definition) is 1. The molecular formula is C22H34N4O3S. The standard InChI is InChI=1S/C22H34N4O3S/c1-24-16(7-8-20(27)26-10-3-5-17(26)15-29-2)13-23-22(28)21-19(24)9-11-25(21)14-18-6-4-12-30-18/h4,6,12,16-17,19,21H,3,5,7-11,13-15H2,1-2H3,(H,23,28)/t16-,17+,19-,21-/m0/s1. The van der Waals surface area contributed by atoms with Crippen LogP contribution in [0.2, 0.25) is 0 Å². The zero-order chi connectivity index (χ0) is 21.1. The van der Waals surface area contributed by atoms with E-state index in [2.05, 4.69) is 39.7 Å². The third-order valence-corrected chi connectivity index (χ3v) is 7.90. The minimum absolute atomic E-state index is 0.109. The lowest BCUT2D eigenvalue weighted by molar-refractivity contribution is -0.133. The van der Waals surface area contributed by atoms with Crippen LogP contribution in [0.5, 0.6) is 0 Å². The highest BCUT2D eigenvalue weighted by atomic mass is 32.1. The topological polar surface area (TPSA) is 65.1 Å². The monoisotopic (exact) mass is 434 g/mol. The van der Waals surface area contributed by atoms with Gasteiger partial charge in [-0.2, -0.15) is 0 Å². The molecule has 1 aromatic rings. The van der Waals surface area contributed by atoms with Gasteiger partial charge in [-0.1, -0.05) is 6.07 Å². The van der Waals surface area contributed by atoms with Crippen LogP contribution in [0, 0.1) is 0 Å². The highest BCUT2D eigenvalue weighted by Crippen LogP contribution is 2.29. The number of likely N-dealkylation sites (N-methyl/N-ethyl adjacent to an activating group) is 1. The first-order chi connectivity index (χ1) is 14.6. The average molecular weight is 435 g/mol. The Kier molecular flexibility index (Phi) is 7.08. The fourth-order valence-corrected chi connectivity index (χ4v) is 6.12. The van der Waals surface area contributed by atoms with Gasteiger partial charge >= 0.3 is 0 Å². The lowest BCUT2D eigenvalue weighted by Gasteiger charge is -2.33. The number of ether oxygens (including phenoxy) is 1. The Morgan fingerprint density at radius 2 is 2.17 bits per heavy atom. The molecule has 166 valence electrons. The molecule has 3 saturated heterocycles. The Morgan fingerprint density at radius 3 is 2.93 bits per heavy atom. The van der Waals surface area contributed by atoms with E-state index in [1.54, 1.807) is 18.4 Å². The largest absolute Gasteiger partial charge is 0.383 e. The average Bonchev–Trinajstić information content (AvgIpc) is 3.47. The highest BCUT2D eigenvalue weighted by Gasteiger charge is 2.45. The van der Waals surface area contributed by atoms with Gasteiger partial charge in [0.15, 0.2) is 0 Å². The molecule has 4 rings (SSSR count). The van der Waals surface area contributed by atoms with Crippen molar-refractivity contribution in [2.24, 2.45) is 0 Å². The van der Waals surface area contributed by atoms with E-state index in [9.17, 15) is 9.59 Å². The molecule has 0 spiro atoms. The Labute approximate surface area is 183 Å². The SMILES string of the molecule is COC[C@H]1CCCN1C(=O)CC[C@H]1CNC(=O)[C@@H]2[C@H](CCN2Cc2cccs2)N1C. The number of carbonyl (C=O) groups is 2. The molecule has 0 saturated carbocycles. The second kappa shape index (κ2) is 9.77. The molecule has 0 aliphatic carbocycles. The zero-order valence-corrected chi connectivity index (χ0v) is 18.9. The van der Waals surface area contributed by atoms with Crippen molar-refractivity contribution in [1.82, 2.24) is 20.0 Å². The zero-order valence-electron chi connectivity index (χ0n) is 18.1. The van der Waals surface area contributed by atoms with Crippen LogP contribution in [0.15, 0.2) is 17.5 Å². The molecule has 0 unspecified atom stereocenters. The van der Waals surface area contributed by atoms with Gasteiger partial charge in [0.05, 0.1) is 12.6 Å². The molecule has 3 fully saturated rings. The normalized spacial score (nSPS) is 30.3. The number of hydrogen-bond acceptors (Lipinski definition) is 6. The lowest BCUT2D eigenvalue weighted by Crippen LogP contribution is -2.49. The lowest BCUT2D eigenvalue weighted by atomic mass is 10.0. The number of thiophene rings is 1. The number of methoxy groups -OCH3 is 1. The maximum Gasteiger partial charge on any atom is 0.239 e. The number of amides is 2. The van der Waals surface area contributed by atoms with Gasteiger partial charge in [0.2, 0.25) is 11.8 Å². The van der Waals surface area contributed by atoms with E-state index in [-0.39, 0.29) is 36.0 Å². The Hall–Kier alpha value is -1.48. The van der Waals surface area contributed by atoms with Crippen LogP contribution in [-0.2, 0) is 20.9 Å². The predicted octanol–water partition coefficient (Wildman–Crippen LogP) is 1.54. The first-order valence-corrected chi connectivity index (χ1v) is 12.0. The van der Waals surface area contributed by atoms with Crippen LogP contribution >= 0.6 is 11.3 Å². The van der Waals surface area contributed by atoms with Crippen molar-refractivity contribution in [3.63, 3.8) is 0 Å². The molecule has 4 heterocycles. The number of fused-ring (bicyclic) bond motifs is 1. The highest BCUT2D eigenvalue weighted by molar-refractivity contribution is 7.09. The van der Waals surface area contributed by atoms with Crippen LogP contribution in [0.4, 0.5) is 0 Å². The fraction of sp³-hybridized carbons (Fsp3) is 0.727. The van der Waals surface area contributed by atoms with E-state index in [1.807, 2.05) is 4.90 Å². The summed E-state index contributed by atoms with van der Waals surface area (Å²) in [6.07, 6.45) is 4.39. The summed E-state index contributed by atoms with van der Waals surface area (Å²) in [5.41, 5.74) is 0. The van der Waals surface area contributed by atoms with Crippen molar-refractivity contribution in [3.05, 3.63) is 22.4 Å². The van der Waals surface area contributed by atoms with Crippen LogP contribution in [0.3, 0.4) is 0 Å². The number of likely N-dealkylation sites (tertiary alicyclic amines) is 2. The summed E-state index contributed by atoms with van der Waals surface area (Å²) in [6, 6.07) is 4.72. The van der Waals surface area contributed by atoms with E-state index in [1.165, 1.54) is 4.88 Å². The third kappa shape index (κ3) is 4.56. The smallest absolute Gasteiger partial charge is 0.239 e. The molecule has 0 aromatic carbocycles. The minimum Gasteiger partial charge on any atom is -0.383 e. The number of nitrogens with zero attached hydrogens (tertiary/aromatic N) is 3. The number of nitrogens with one attached hydrogen (secondary N) is 1. The van der Waals surface area contributed by atoms with Crippen molar-refractivity contribution in [1.29, 1.82) is 0 Å². The van der Waals surface area contributed by atoms with Crippen molar-refractivity contribution in [2.45, 2.75) is 62.8 Å². The maximum absolute atomic E-state index is 12.9. The molecule has 7 nitrogen and oxygen atoms in total. The molecule has 30 heavy (non-hydrogen) atoms. The number of carbonyl (C=O) groups excluding carboxylic acids is 2. The van der Waals surface area contributed by atoms with Gasteiger partial charge in [-0.15, -0.1) is 11.3 Å². The van der Waals surface area contributed by atoms with Gasteiger partial charge in [0.25, 0.3) is 0 Å². The van der Waals surface area contributed by atoms with Crippen LogP contribution in [0.25, 0.3) is 0 Å². The molecule has 3 aliphatic rings. The van der Waals surface area contributed by atoms with Crippen molar-refractivity contribution in [3.8, 4) is 0 Å². The molecule has 2 amide bonds. The van der Waals surface area contributed by atoms with Gasteiger partial charge in [0, 0.05) is 56.7 Å². The fourth-order valence-electron chi connectivity index (χ4n) is 5.39. The molecule has 0 radical (unpaired) electrons. The van der Waals surface area contributed by atoms with E-state index in [0.29, 0.717) is 19.6 Å². The van der Waals surface area contributed by atoms with Gasteiger partial charge < -0.3 is 15.0 Å². The van der Waals surface area contributed by atoms with E-state index in [0.717, 1.165) is 45.3 Å².